The molecule has 2 amide bonds. The summed E-state index contributed by atoms with van der Waals surface area (Å²) in [6.45, 7) is 11.2. The van der Waals surface area contributed by atoms with Crippen LogP contribution in [0.15, 0.2) is 34.3 Å². The molecule has 0 bridgehead atoms. The largest absolute Gasteiger partial charge is 0.534 e. The van der Waals surface area contributed by atoms with Crippen LogP contribution in [0, 0.1) is 0 Å². The van der Waals surface area contributed by atoms with Crippen molar-refractivity contribution < 1.29 is 32.9 Å². The molecule has 2 atom stereocenters. The zero-order valence-corrected chi connectivity index (χ0v) is 21.2. The van der Waals surface area contributed by atoms with Gasteiger partial charge in [0.15, 0.2) is 0 Å². The zero-order chi connectivity index (χ0) is 25.4. The number of hydrogen-bond acceptors (Lipinski definition) is 8. The Morgan fingerprint density at radius 1 is 1.09 bits per heavy atom. The Kier molecular flexibility index (Phi) is 7.27. The molecule has 0 aromatic heterocycles. The molecule has 2 rings (SSSR count). The summed E-state index contributed by atoms with van der Waals surface area (Å²) >= 11 is 0. The van der Waals surface area contributed by atoms with Crippen molar-refractivity contribution in [2.45, 2.75) is 70.1 Å². The standard InChI is InChI=1S/C22H31N3O7S/c1-20(2,3)30-18(27)25(32-19(28)31-21(4,5)6)22(7)16(23-24(8)17(22)26)14-11-10-12-15(13-14)33(9)29/h10-13H,1-9H3. The maximum atomic E-state index is 13.3. The minimum Gasteiger partial charge on any atom is -0.442 e. The van der Waals surface area contributed by atoms with Gasteiger partial charge in [-0.2, -0.15) is 5.10 Å². The normalized spacial score (nSPS) is 19.6. The molecule has 1 aliphatic heterocycles. The lowest BCUT2D eigenvalue weighted by atomic mass is 9.90. The highest BCUT2D eigenvalue weighted by atomic mass is 32.2. The summed E-state index contributed by atoms with van der Waals surface area (Å²) in [5.74, 6) is -0.644. The first-order valence-electron chi connectivity index (χ1n) is 10.2. The van der Waals surface area contributed by atoms with Crippen molar-refractivity contribution in [2.75, 3.05) is 13.3 Å². The van der Waals surface area contributed by atoms with E-state index in [1.807, 2.05) is 0 Å². The van der Waals surface area contributed by atoms with Crippen molar-refractivity contribution in [1.82, 2.24) is 10.1 Å². The topological polar surface area (TPSA) is 115 Å². The first kappa shape index (κ1) is 26.3. The van der Waals surface area contributed by atoms with Crippen molar-refractivity contribution >= 4 is 34.7 Å². The molecular formula is C22H31N3O7S. The fourth-order valence-corrected chi connectivity index (χ4v) is 3.57. The molecule has 1 aromatic carbocycles. The maximum absolute atomic E-state index is 13.3. The lowest BCUT2D eigenvalue weighted by Gasteiger charge is -2.36. The Hall–Kier alpha value is -2.95. The molecule has 1 aromatic rings. The molecule has 0 spiro atoms. The van der Waals surface area contributed by atoms with E-state index in [9.17, 15) is 18.6 Å². The van der Waals surface area contributed by atoms with E-state index in [0.717, 1.165) is 5.01 Å². The predicted octanol–water partition coefficient (Wildman–Crippen LogP) is 3.46. The number of carbonyl (C=O) groups excluding carboxylic acids is 3. The van der Waals surface area contributed by atoms with Gasteiger partial charge in [0, 0.05) is 34.6 Å². The van der Waals surface area contributed by atoms with Gasteiger partial charge >= 0.3 is 12.2 Å². The van der Waals surface area contributed by atoms with E-state index in [1.54, 1.807) is 65.8 Å². The zero-order valence-electron chi connectivity index (χ0n) is 20.4. The third-order valence-electron chi connectivity index (χ3n) is 4.38. The molecule has 182 valence electrons. The first-order chi connectivity index (χ1) is 15.0. The Morgan fingerprint density at radius 2 is 1.67 bits per heavy atom. The number of hydrazone groups is 1. The summed E-state index contributed by atoms with van der Waals surface area (Å²) in [5.41, 5.74) is -3.22. The molecule has 1 aliphatic rings. The third kappa shape index (κ3) is 6.10. The molecule has 2 unspecified atom stereocenters. The van der Waals surface area contributed by atoms with Crippen molar-refractivity contribution in [1.29, 1.82) is 0 Å². The van der Waals surface area contributed by atoms with Crippen LogP contribution in [0.5, 0.6) is 0 Å². The SMILES string of the molecule is CN1N=C(c2cccc(S(C)=O)c2)C(C)(N(OC(=O)OC(C)(C)C)C(=O)OC(C)(C)C)C1=O. The second kappa shape index (κ2) is 9.12. The maximum Gasteiger partial charge on any atom is 0.534 e. The highest BCUT2D eigenvalue weighted by Gasteiger charge is 2.57. The van der Waals surface area contributed by atoms with E-state index in [0.29, 0.717) is 15.5 Å². The molecular weight excluding hydrogens is 450 g/mol. The summed E-state index contributed by atoms with van der Waals surface area (Å²) in [7, 11) is 0.114. The lowest BCUT2D eigenvalue weighted by molar-refractivity contribution is -0.176. The van der Waals surface area contributed by atoms with Crippen molar-refractivity contribution in [3.63, 3.8) is 0 Å². The van der Waals surface area contributed by atoms with E-state index in [-0.39, 0.29) is 5.71 Å². The number of amides is 2. The van der Waals surface area contributed by atoms with Crippen molar-refractivity contribution in [3.8, 4) is 0 Å². The summed E-state index contributed by atoms with van der Waals surface area (Å²) in [6.07, 6.45) is -0.757. The number of rotatable bonds is 3. The quantitative estimate of drug-likeness (QED) is 0.480. The molecule has 10 nitrogen and oxygen atoms in total. The van der Waals surface area contributed by atoms with Crippen LogP contribution in [-0.4, -0.2) is 68.2 Å². The van der Waals surface area contributed by atoms with Gasteiger partial charge in [-0.25, -0.2) is 14.6 Å². The van der Waals surface area contributed by atoms with Gasteiger partial charge in [0.25, 0.3) is 5.91 Å². The van der Waals surface area contributed by atoms with Crippen LogP contribution in [0.25, 0.3) is 0 Å². The van der Waals surface area contributed by atoms with Crippen molar-refractivity contribution in [3.05, 3.63) is 29.8 Å². The van der Waals surface area contributed by atoms with E-state index in [2.05, 4.69) is 5.10 Å². The van der Waals surface area contributed by atoms with Crippen molar-refractivity contribution in [2.24, 2.45) is 5.10 Å². The Balaban J connectivity index is 2.61. The highest BCUT2D eigenvalue weighted by Crippen LogP contribution is 2.32. The molecule has 0 saturated heterocycles. The van der Waals surface area contributed by atoms with Gasteiger partial charge in [-0.1, -0.05) is 12.1 Å². The van der Waals surface area contributed by atoms with Crippen LogP contribution >= 0.6 is 0 Å². The molecule has 0 radical (unpaired) electrons. The van der Waals surface area contributed by atoms with Crippen LogP contribution in [0.3, 0.4) is 0 Å². The highest BCUT2D eigenvalue weighted by molar-refractivity contribution is 7.84. The monoisotopic (exact) mass is 481 g/mol. The summed E-state index contributed by atoms with van der Waals surface area (Å²) in [6, 6.07) is 6.58. The van der Waals surface area contributed by atoms with E-state index >= 15 is 0 Å². The van der Waals surface area contributed by atoms with E-state index in [4.69, 9.17) is 14.3 Å². The van der Waals surface area contributed by atoms with Crippen LogP contribution < -0.4 is 0 Å². The summed E-state index contributed by atoms with van der Waals surface area (Å²) in [4.78, 5) is 44.7. The molecule has 0 fully saturated rings. The third-order valence-corrected chi connectivity index (χ3v) is 5.30. The van der Waals surface area contributed by atoms with Crippen LogP contribution in [0.1, 0.15) is 54.0 Å². The predicted molar refractivity (Wildman–Crippen MR) is 122 cm³/mol. The molecule has 0 N–H and O–H groups in total. The molecule has 0 aliphatic carbocycles. The Bertz CT molecular complexity index is 1010. The minimum absolute atomic E-state index is 0.108. The summed E-state index contributed by atoms with van der Waals surface area (Å²) < 4.78 is 22.6. The van der Waals surface area contributed by atoms with Gasteiger partial charge in [0.05, 0.1) is 0 Å². The smallest absolute Gasteiger partial charge is 0.442 e. The second-order valence-corrected chi connectivity index (χ2v) is 11.0. The van der Waals surface area contributed by atoms with Crippen LogP contribution in [0.4, 0.5) is 9.59 Å². The average molecular weight is 482 g/mol. The van der Waals surface area contributed by atoms with E-state index < -0.39 is 45.7 Å². The van der Waals surface area contributed by atoms with Crippen LogP contribution in [0.2, 0.25) is 0 Å². The van der Waals surface area contributed by atoms with Gasteiger partial charge in [0.2, 0.25) is 5.54 Å². The molecule has 33 heavy (non-hydrogen) atoms. The second-order valence-electron chi connectivity index (χ2n) is 9.66. The molecule has 0 saturated carbocycles. The summed E-state index contributed by atoms with van der Waals surface area (Å²) in [5, 5.41) is 5.89. The van der Waals surface area contributed by atoms with Gasteiger partial charge in [-0.3, -0.25) is 13.8 Å². The fourth-order valence-electron chi connectivity index (χ4n) is 3.01. The lowest BCUT2D eigenvalue weighted by Crippen LogP contribution is -2.61. The number of hydroxylamine groups is 2. The number of likely N-dealkylation sites (N-methyl/N-ethyl adjacent to an activating group) is 1. The number of nitrogens with zero attached hydrogens (tertiary/aromatic N) is 3. The average Bonchev–Trinajstić information content (AvgIpc) is 2.88. The van der Waals surface area contributed by atoms with Gasteiger partial charge in [-0.05, 0) is 60.6 Å². The van der Waals surface area contributed by atoms with Gasteiger partial charge < -0.3 is 9.47 Å². The fraction of sp³-hybridized carbons (Fsp3) is 0.545. The van der Waals surface area contributed by atoms with E-state index in [1.165, 1.54) is 20.2 Å². The number of ether oxygens (including phenoxy) is 2. The molecule has 11 heteroatoms. The van der Waals surface area contributed by atoms with Crippen LogP contribution in [-0.2, 0) is 29.9 Å². The Morgan fingerprint density at radius 3 is 2.18 bits per heavy atom. The van der Waals surface area contributed by atoms with Gasteiger partial charge in [0.1, 0.15) is 16.9 Å². The first-order valence-corrected chi connectivity index (χ1v) is 11.8. The number of carbonyl (C=O) groups is 3. The molecule has 1 heterocycles. The number of benzene rings is 1. The Labute approximate surface area is 196 Å². The minimum atomic E-state index is -1.89. The number of hydrogen-bond donors (Lipinski definition) is 0. The van der Waals surface area contributed by atoms with Gasteiger partial charge in [-0.15, -0.1) is 5.06 Å².